The summed E-state index contributed by atoms with van der Waals surface area (Å²) < 4.78 is 11.3. The van der Waals surface area contributed by atoms with Crippen molar-refractivity contribution in [3.8, 4) is 0 Å². The van der Waals surface area contributed by atoms with Gasteiger partial charge in [0.15, 0.2) is 4.34 Å². The second-order valence-corrected chi connectivity index (χ2v) is 6.97. The average molecular weight is 343 g/mol. The number of nitrogens with zero attached hydrogens (tertiary/aromatic N) is 2. The normalized spacial score (nSPS) is 17.9. The minimum absolute atomic E-state index is 0. The van der Waals surface area contributed by atoms with Crippen LogP contribution in [0.1, 0.15) is 19.8 Å². The van der Waals surface area contributed by atoms with E-state index in [-0.39, 0.29) is 13.1 Å². The van der Waals surface area contributed by atoms with Crippen molar-refractivity contribution in [3.05, 3.63) is 17.2 Å². The highest BCUT2D eigenvalue weighted by Crippen LogP contribution is 2.21. The Morgan fingerprint density at radius 2 is 2.41 bits per heavy atom. The van der Waals surface area contributed by atoms with Gasteiger partial charge in [-0.15, -0.1) is 10.2 Å². The number of amides is 1. The summed E-state index contributed by atoms with van der Waals surface area (Å²) in [5, 5.41) is 11.5. The van der Waals surface area contributed by atoms with Crippen molar-refractivity contribution in [2.75, 3.05) is 12.4 Å². The number of hydrogen-bond donors (Lipinski definition) is 1. The van der Waals surface area contributed by atoms with E-state index < -0.39 is 19.0 Å². The molecule has 1 amide bonds. The Bertz CT molecular complexity index is 572. The van der Waals surface area contributed by atoms with Gasteiger partial charge in [-0.2, -0.15) is 0 Å². The number of aryl methyl sites for hydroxylation is 1. The molecule has 1 aliphatic heterocycles. The summed E-state index contributed by atoms with van der Waals surface area (Å²) in [4.78, 5) is 23.2. The molecule has 7 nitrogen and oxygen atoms in total. The third-order valence-corrected chi connectivity index (χ3v) is 4.68. The quantitative estimate of drug-likeness (QED) is 0.489. The number of carbonyl (C=O) groups is 2. The van der Waals surface area contributed by atoms with Gasteiger partial charge in [0.25, 0.3) is 5.97 Å². The summed E-state index contributed by atoms with van der Waals surface area (Å²) in [6.07, 6.45) is 4.28. The molecule has 1 aliphatic rings. The molecule has 120 valence electrons. The van der Waals surface area contributed by atoms with Crippen LogP contribution >= 0.6 is 23.1 Å². The molecule has 0 bridgehead atoms. The van der Waals surface area contributed by atoms with Crippen molar-refractivity contribution in [3.63, 3.8) is 0 Å². The first-order chi connectivity index (χ1) is 10.5. The Balaban J connectivity index is 0.00000264. The fourth-order valence-corrected chi connectivity index (χ4v) is 3.43. The maximum atomic E-state index is 12.0. The third-order valence-electron chi connectivity index (χ3n) is 2.70. The fourth-order valence-electron chi connectivity index (χ4n) is 1.81. The van der Waals surface area contributed by atoms with Crippen LogP contribution in [0.3, 0.4) is 0 Å². The van der Waals surface area contributed by atoms with Crippen LogP contribution in [0.4, 0.5) is 0 Å². The lowest BCUT2D eigenvalue weighted by atomic mass is 9.76. The van der Waals surface area contributed by atoms with Gasteiger partial charge in [0, 0.05) is 8.35 Å². The van der Waals surface area contributed by atoms with Crippen molar-refractivity contribution in [2.24, 2.45) is 0 Å². The van der Waals surface area contributed by atoms with Crippen molar-refractivity contribution < 1.29 is 20.3 Å². The Morgan fingerprint density at radius 1 is 1.59 bits per heavy atom. The zero-order valence-electron chi connectivity index (χ0n) is 12.3. The highest BCUT2D eigenvalue weighted by molar-refractivity contribution is 8.01. The zero-order chi connectivity index (χ0) is 15.9. The van der Waals surface area contributed by atoms with Gasteiger partial charge in [0.05, 0.1) is 18.3 Å². The van der Waals surface area contributed by atoms with Crippen LogP contribution in [0, 0.1) is 6.92 Å². The average Bonchev–Trinajstić information content (AvgIpc) is 2.76. The minimum atomic E-state index is -0.773. The molecule has 0 fully saturated rings. The molecule has 0 spiro atoms. The second kappa shape index (κ2) is 8.30. The molecule has 1 aromatic heterocycles. The van der Waals surface area contributed by atoms with Gasteiger partial charge in [-0.1, -0.05) is 35.3 Å². The van der Waals surface area contributed by atoms with E-state index in [1.54, 1.807) is 0 Å². The van der Waals surface area contributed by atoms with E-state index in [9.17, 15) is 9.59 Å². The first kappa shape index (κ1) is 17.0. The molecule has 1 N–H and O–H groups in total. The Kier molecular flexibility index (Phi) is 6.41. The molecule has 1 atom stereocenters. The van der Waals surface area contributed by atoms with Gasteiger partial charge < -0.3 is 14.6 Å². The first-order valence-electron chi connectivity index (χ1n) is 6.70. The highest BCUT2D eigenvalue weighted by atomic mass is 32.2. The predicted octanol–water partition coefficient (Wildman–Crippen LogP) is 1.24. The van der Waals surface area contributed by atoms with E-state index in [1.807, 2.05) is 19.1 Å². The maximum absolute atomic E-state index is 12.0. The molecular formula is C12H18BN3O4S2. The Labute approximate surface area is 138 Å². The number of hydrogen-bond acceptors (Lipinski definition) is 8. The lowest BCUT2D eigenvalue weighted by Gasteiger charge is -2.20. The predicted molar refractivity (Wildman–Crippen MR) is 86.6 cm³/mol. The molecule has 0 aromatic carbocycles. The van der Waals surface area contributed by atoms with Crippen LogP contribution in [0.15, 0.2) is 16.5 Å². The number of thioether (sulfide) groups is 1. The molecule has 2 rings (SSSR count). The standard InChI is InChI=1S/C12H16BN3O4S2.H2/c1-8-15-16-12(22-8)21-7-11(18)14-10-5-3-4-6-19-13(10)20-9(2)17;/h3-4,10H,5-7H2,1-2H3,(H,14,18);1H/t10-;/m0./s1. The second-order valence-electron chi connectivity index (χ2n) is 4.57. The molecule has 0 unspecified atom stereocenters. The van der Waals surface area contributed by atoms with E-state index in [0.29, 0.717) is 13.0 Å². The van der Waals surface area contributed by atoms with Gasteiger partial charge >= 0.3 is 7.12 Å². The fraction of sp³-hybridized carbons (Fsp3) is 0.500. The van der Waals surface area contributed by atoms with Crippen molar-refractivity contribution in [1.82, 2.24) is 15.5 Å². The van der Waals surface area contributed by atoms with Crippen LogP contribution < -0.4 is 5.32 Å². The van der Waals surface area contributed by atoms with E-state index in [4.69, 9.17) is 9.31 Å². The van der Waals surface area contributed by atoms with E-state index in [0.717, 1.165) is 9.35 Å². The van der Waals surface area contributed by atoms with Crippen LogP contribution in [0.2, 0.25) is 0 Å². The van der Waals surface area contributed by atoms with E-state index in [2.05, 4.69) is 15.5 Å². The van der Waals surface area contributed by atoms with Crippen molar-refractivity contribution in [1.29, 1.82) is 0 Å². The molecule has 0 saturated heterocycles. The topological polar surface area (TPSA) is 90.4 Å². The Hall–Kier alpha value is -1.39. The summed E-state index contributed by atoms with van der Waals surface area (Å²) >= 11 is 2.77. The first-order valence-corrected chi connectivity index (χ1v) is 8.51. The summed E-state index contributed by atoms with van der Waals surface area (Å²) in [6, 6.07) is 0. The van der Waals surface area contributed by atoms with Gasteiger partial charge in [-0.3, -0.25) is 9.59 Å². The Morgan fingerprint density at radius 3 is 3.09 bits per heavy atom. The minimum Gasteiger partial charge on any atom is -0.508 e. The summed E-state index contributed by atoms with van der Waals surface area (Å²) in [6.45, 7) is 3.53. The molecule has 0 aliphatic carbocycles. The van der Waals surface area contributed by atoms with E-state index in [1.165, 1.54) is 30.0 Å². The van der Waals surface area contributed by atoms with E-state index >= 15 is 0 Å². The van der Waals surface area contributed by atoms with Crippen molar-refractivity contribution in [2.45, 2.75) is 30.5 Å². The highest BCUT2D eigenvalue weighted by Gasteiger charge is 2.34. The van der Waals surface area contributed by atoms with Crippen LogP contribution in [-0.2, 0) is 18.9 Å². The van der Waals surface area contributed by atoms with Crippen LogP contribution in [0.5, 0.6) is 0 Å². The van der Waals surface area contributed by atoms with Gasteiger partial charge in [-0.05, 0) is 13.3 Å². The zero-order valence-corrected chi connectivity index (χ0v) is 13.9. The monoisotopic (exact) mass is 343 g/mol. The lowest BCUT2D eigenvalue weighted by molar-refractivity contribution is -0.134. The molecular weight excluding hydrogens is 325 g/mol. The van der Waals surface area contributed by atoms with Gasteiger partial charge in [0.2, 0.25) is 5.91 Å². The largest absolute Gasteiger partial charge is 0.551 e. The number of carbonyl (C=O) groups excluding carboxylic acids is 2. The number of nitrogens with one attached hydrogen (secondary N) is 1. The molecule has 0 radical (unpaired) electrons. The van der Waals surface area contributed by atoms with Gasteiger partial charge in [-0.25, -0.2) is 0 Å². The smallest absolute Gasteiger partial charge is 0.508 e. The summed E-state index contributed by atoms with van der Waals surface area (Å²) in [5.74, 6) is -0.780. The number of rotatable bonds is 5. The maximum Gasteiger partial charge on any atom is 0.551 e. The molecule has 22 heavy (non-hydrogen) atoms. The third kappa shape index (κ3) is 5.43. The SMILES string of the molecule is CC(=O)OB1OCC=CC[C@@H]1NC(=O)CSc1nnc(C)s1.[HH]. The van der Waals surface area contributed by atoms with Crippen molar-refractivity contribution >= 4 is 42.1 Å². The summed E-state index contributed by atoms with van der Waals surface area (Å²) in [7, 11) is -0.773. The molecule has 1 aromatic rings. The van der Waals surface area contributed by atoms with Gasteiger partial charge in [0.1, 0.15) is 5.01 Å². The van der Waals surface area contributed by atoms with Crippen LogP contribution in [-0.4, -0.2) is 47.5 Å². The molecule has 2 heterocycles. The van der Waals surface area contributed by atoms with Crippen LogP contribution in [0.25, 0.3) is 0 Å². The lowest BCUT2D eigenvalue weighted by Crippen LogP contribution is -2.49. The molecule has 0 saturated carbocycles. The molecule has 10 heteroatoms. The number of aromatic nitrogens is 2. The summed E-state index contributed by atoms with van der Waals surface area (Å²) in [5.41, 5.74) is 0.